The summed E-state index contributed by atoms with van der Waals surface area (Å²) in [5.41, 5.74) is 2.84. The first kappa shape index (κ1) is 24.2. The van der Waals surface area contributed by atoms with E-state index >= 15 is 0 Å². The molecule has 2 amide bonds. The first-order valence-electron chi connectivity index (χ1n) is 11.2. The van der Waals surface area contributed by atoms with Crippen LogP contribution in [-0.2, 0) is 16.0 Å². The highest BCUT2D eigenvalue weighted by Crippen LogP contribution is 2.21. The Morgan fingerprint density at radius 3 is 2.33 bits per heavy atom. The van der Waals surface area contributed by atoms with Crippen LogP contribution < -0.4 is 10.2 Å². The minimum absolute atomic E-state index is 0.00994. The number of nitro benzene ring substituents is 1. The summed E-state index contributed by atoms with van der Waals surface area (Å²) in [6.07, 6.45) is 0.814. The average Bonchev–Trinajstić information content (AvgIpc) is 2.83. The van der Waals surface area contributed by atoms with Gasteiger partial charge in [-0.25, -0.2) is 0 Å². The van der Waals surface area contributed by atoms with Gasteiger partial charge in [0.25, 0.3) is 5.69 Å². The second-order valence-electron chi connectivity index (χ2n) is 8.23. The highest BCUT2D eigenvalue weighted by Gasteiger charge is 2.28. The first-order chi connectivity index (χ1) is 15.8. The number of hydrogen-bond donors (Lipinski definition) is 1. The summed E-state index contributed by atoms with van der Waals surface area (Å²) in [6, 6.07) is 13.8. The molecule has 1 aliphatic rings. The van der Waals surface area contributed by atoms with Crippen LogP contribution in [0.5, 0.6) is 0 Å². The van der Waals surface area contributed by atoms with Gasteiger partial charge in [0.15, 0.2) is 0 Å². The summed E-state index contributed by atoms with van der Waals surface area (Å²) < 4.78 is 0. The van der Waals surface area contributed by atoms with Gasteiger partial charge in [-0.1, -0.05) is 25.1 Å². The zero-order valence-electron chi connectivity index (χ0n) is 19.4. The van der Waals surface area contributed by atoms with Crippen LogP contribution in [0.25, 0.3) is 0 Å². The van der Waals surface area contributed by atoms with Gasteiger partial charge in [-0.15, -0.1) is 0 Å². The minimum atomic E-state index is -0.408. The Balaban J connectivity index is 1.50. The van der Waals surface area contributed by atoms with E-state index in [1.165, 1.54) is 17.0 Å². The van der Waals surface area contributed by atoms with E-state index in [1.54, 1.807) is 19.2 Å². The monoisotopic (exact) mass is 453 g/mol. The lowest BCUT2D eigenvalue weighted by atomic mass is 10.1. The normalized spacial score (nSPS) is 15.1. The number of nitrogens with one attached hydrogen (secondary N) is 1. The fourth-order valence-corrected chi connectivity index (χ4v) is 4.06. The third-order valence-corrected chi connectivity index (χ3v) is 6.07. The third-order valence-electron chi connectivity index (χ3n) is 6.07. The molecular weight excluding hydrogens is 422 g/mol. The molecule has 0 saturated carbocycles. The minimum Gasteiger partial charge on any atom is -0.369 e. The van der Waals surface area contributed by atoms with Crippen LogP contribution in [0.3, 0.4) is 0 Å². The maximum atomic E-state index is 12.9. The fraction of sp³-hybridized carbons (Fsp3) is 0.417. The molecule has 3 rings (SSSR count). The van der Waals surface area contributed by atoms with E-state index in [2.05, 4.69) is 15.1 Å². The summed E-state index contributed by atoms with van der Waals surface area (Å²) >= 11 is 0. The van der Waals surface area contributed by atoms with Crippen LogP contribution >= 0.6 is 0 Å². The average molecular weight is 454 g/mol. The van der Waals surface area contributed by atoms with Crippen LogP contribution in [0.4, 0.5) is 17.1 Å². The second-order valence-corrected chi connectivity index (χ2v) is 8.23. The van der Waals surface area contributed by atoms with Crippen molar-refractivity contribution in [2.45, 2.75) is 26.3 Å². The van der Waals surface area contributed by atoms with E-state index in [9.17, 15) is 19.7 Å². The third kappa shape index (κ3) is 6.07. The Morgan fingerprint density at radius 1 is 1.09 bits per heavy atom. The van der Waals surface area contributed by atoms with Crippen molar-refractivity contribution in [3.05, 3.63) is 64.2 Å². The maximum absolute atomic E-state index is 12.9. The zero-order valence-corrected chi connectivity index (χ0v) is 19.4. The maximum Gasteiger partial charge on any atom is 0.269 e. The van der Waals surface area contributed by atoms with Crippen LogP contribution in [-0.4, -0.2) is 72.4 Å². The lowest BCUT2D eigenvalue weighted by Crippen LogP contribution is -2.54. The van der Waals surface area contributed by atoms with E-state index in [0.29, 0.717) is 26.2 Å². The molecule has 1 heterocycles. The van der Waals surface area contributed by atoms with Crippen LogP contribution in [0.2, 0.25) is 0 Å². The molecule has 0 aliphatic carbocycles. The van der Waals surface area contributed by atoms with E-state index in [-0.39, 0.29) is 30.1 Å². The number of aryl methyl sites for hydroxylation is 1. The number of likely N-dealkylation sites (N-methyl/N-ethyl adjacent to an activating group) is 1. The smallest absolute Gasteiger partial charge is 0.269 e. The summed E-state index contributed by atoms with van der Waals surface area (Å²) in [4.78, 5) is 41.6. The summed E-state index contributed by atoms with van der Waals surface area (Å²) in [7, 11) is 1.65. The number of rotatable bonds is 8. The van der Waals surface area contributed by atoms with Crippen molar-refractivity contribution in [3.63, 3.8) is 0 Å². The number of non-ortho nitro benzene ring substituents is 1. The Labute approximate surface area is 194 Å². The quantitative estimate of drug-likeness (QED) is 0.487. The largest absolute Gasteiger partial charge is 0.369 e. The number of amides is 2. The zero-order chi connectivity index (χ0) is 24.0. The highest BCUT2D eigenvalue weighted by atomic mass is 16.6. The predicted molar refractivity (Wildman–Crippen MR) is 128 cm³/mol. The summed E-state index contributed by atoms with van der Waals surface area (Å²) in [5.74, 6) is -0.320. The number of carbonyl (C=O) groups is 2. The van der Waals surface area contributed by atoms with E-state index in [1.807, 2.05) is 38.1 Å². The molecule has 1 atom stereocenters. The molecular formula is C24H31N5O4. The molecule has 2 aromatic rings. The van der Waals surface area contributed by atoms with Crippen molar-refractivity contribution in [3.8, 4) is 0 Å². The number of para-hydroxylation sites is 1. The molecule has 1 unspecified atom stereocenters. The standard InChI is InChI=1S/C24H31N5O4/c1-4-19-7-5-6-8-22(19)25-23(30)17-26(3)24(31)18(2)27-13-15-28(16-14-27)20-9-11-21(12-10-20)29(32)33/h5-12,18H,4,13-17H2,1-3H3,(H,25,30). The topological polar surface area (TPSA) is 99.0 Å². The Bertz CT molecular complexity index is 987. The molecule has 33 heavy (non-hydrogen) atoms. The van der Waals surface area contributed by atoms with Gasteiger partial charge in [-0.2, -0.15) is 0 Å². The molecule has 0 aromatic heterocycles. The van der Waals surface area contributed by atoms with Crippen LogP contribution in [0.1, 0.15) is 19.4 Å². The van der Waals surface area contributed by atoms with Gasteiger partial charge in [-0.05, 0) is 37.1 Å². The molecule has 1 N–H and O–H groups in total. The van der Waals surface area contributed by atoms with Gasteiger partial charge in [0, 0.05) is 56.7 Å². The van der Waals surface area contributed by atoms with Crippen molar-refractivity contribution in [2.24, 2.45) is 0 Å². The van der Waals surface area contributed by atoms with Gasteiger partial charge >= 0.3 is 0 Å². The van der Waals surface area contributed by atoms with E-state index in [4.69, 9.17) is 0 Å². The lowest BCUT2D eigenvalue weighted by molar-refractivity contribution is -0.384. The van der Waals surface area contributed by atoms with Gasteiger partial charge < -0.3 is 15.1 Å². The lowest BCUT2D eigenvalue weighted by Gasteiger charge is -2.39. The fourth-order valence-electron chi connectivity index (χ4n) is 4.06. The molecule has 0 spiro atoms. The van der Waals surface area contributed by atoms with E-state index < -0.39 is 4.92 Å². The van der Waals surface area contributed by atoms with Crippen LogP contribution in [0.15, 0.2) is 48.5 Å². The van der Waals surface area contributed by atoms with Gasteiger partial charge in [0.05, 0.1) is 17.5 Å². The molecule has 0 radical (unpaired) electrons. The SMILES string of the molecule is CCc1ccccc1NC(=O)CN(C)C(=O)C(C)N1CCN(c2ccc([N+](=O)[O-])cc2)CC1. The molecule has 176 valence electrons. The highest BCUT2D eigenvalue weighted by molar-refractivity contribution is 5.95. The predicted octanol–water partition coefficient (Wildman–Crippen LogP) is 2.76. The Kier molecular flexibility index (Phi) is 8.00. The molecule has 2 aromatic carbocycles. The van der Waals surface area contributed by atoms with Gasteiger partial charge in [0.2, 0.25) is 11.8 Å². The van der Waals surface area contributed by atoms with Crippen molar-refractivity contribution < 1.29 is 14.5 Å². The van der Waals surface area contributed by atoms with Crippen molar-refractivity contribution >= 4 is 28.9 Å². The molecule has 0 bridgehead atoms. The molecule has 1 aliphatic heterocycles. The number of anilines is 2. The van der Waals surface area contributed by atoms with Crippen molar-refractivity contribution in [1.29, 1.82) is 0 Å². The van der Waals surface area contributed by atoms with Crippen LogP contribution in [0, 0.1) is 10.1 Å². The Hall–Kier alpha value is -3.46. The number of nitrogens with zero attached hydrogens (tertiary/aromatic N) is 4. The Morgan fingerprint density at radius 2 is 1.73 bits per heavy atom. The van der Waals surface area contributed by atoms with Gasteiger partial charge in [0.1, 0.15) is 0 Å². The first-order valence-corrected chi connectivity index (χ1v) is 11.2. The number of benzene rings is 2. The molecule has 1 saturated heterocycles. The number of nitro groups is 1. The van der Waals surface area contributed by atoms with E-state index in [0.717, 1.165) is 23.4 Å². The molecule has 9 nitrogen and oxygen atoms in total. The molecule has 9 heteroatoms. The number of hydrogen-bond acceptors (Lipinski definition) is 6. The number of carbonyl (C=O) groups excluding carboxylic acids is 2. The summed E-state index contributed by atoms with van der Waals surface area (Å²) in [5, 5.41) is 13.7. The second kappa shape index (κ2) is 10.9. The van der Waals surface area contributed by atoms with Gasteiger partial charge in [-0.3, -0.25) is 24.6 Å². The van der Waals surface area contributed by atoms with Crippen molar-refractivity contribution in [1.82, 2.24) is 9.80 Å². The molecule has 1 fully saturated rings. The van der Waals surface area contributed by atoms with Crippen molar-refractivity contribution in [2.75, 3.05) is 50.0 Å². The number of piperazine rings is 1. The summed E-state index contributed by atoms with van der Waals surface area (Å²) in [6.45, 7) is 6.70.